The third kappa shape index (κ3) is 5.51. The van der Waals surface area contributed by atoms with Crippen LogP contribution in [-0.2, 0) is 4.79 Å². The van der Waals surface area contributed by atoms with Crippen LogP contribution in [0.25, 0.3) is 11.1 Å². The average molecular weight is 414 g/mol. The van der Waals surface area contributed by atoms with E-state index in [9.17, 15) is 9.59 Å². The molecule has 1 heterocycles. The summed E-state index contributed by atoms with van der Waals surface area (Å²) in [4.78, 5) is 27.1. The zero-order valence-electron chi connectivity index (χ0n) is 17.5. The standard InChI is InChI=1S/C26H27N3O2/c30-25(28-23-10-7-11-24(18-23)29-16-5-2-6-17-29)19-27-26(31)22-14-12-21(13-15-22)20-8-3-1-4-9-20/h1,3-4,7-15,18H,2,5-6,16-17,19H2,(H,27,31)(H,28,30). The Morgan fingerprint density at radius 3 is 2.23 bits per heavy atom. The van der Waals surface area contributed by atoms with Gasteiger partial charge in [-0.05, 0) is 60.7 Å². The van der Waals surface area contributed by atoms with Gasteiger partial charge in [-0.1, -0.05) is 48.5 Å². The largest absolute Gasteiger partial charge is 0.371 e. The van der Waals surface area contributed by atoms with Crippen LogP contribution in [0.1, 0.15) is 29.6 Å². The maximum Gasteiger partial charge on any atom is 0.251 e. The molecule has 5 nitrogen and oxygen atoms in total. The quantitative estimate of drug-likeness (QED) is 0.615. The van der Waals surface area contributed by atoms with Crippen molar-refractivity contribution in [2.75, 3.05) is 29.9 Å². The normalized spacial score (nSPS) is 13.5. The lowest BCUT2D eigenvalue weighted by molar-refractivity contribution is -0.115. The van der Waals surface area contributed by atoms with Gasteiger partial charge in [0.25, 0.3) is 5.91 Å². The summed E-state index contributed by atoms with van der Waals surface area (Å²) in [6.07, 6.45) is 3.69. The SMILES string of the molecule is O=C(CNC(=O)c1ccc(-c2ccccc2)cc1)Nc1cccc(N2CCCCC2)c1. The third-order valence-corrected chi connectivity index (χ3v) is 5.51. The smallest absolute Gasteiger partial charge is 0.251 e. The Morgan fingerprint density at radius 2 is 1.48 bits per heavy atom. The van der Waals surface area contributed by atoms with Crippen LogP contribution in [0, 0.1) is 0 Å². The molecule has 5 heteroatoms. The predicted octanol–water partition coefficient (Wildman–Crippen LogP) is 4.71. The number of carbonyl (C=O) groups excluding carboxylic acids is 2. The second kappa shape index (κ2) is 9.94. The van der Waals surface area contributed by atoms with Gasteiger partial charge in [0.1, 0.15) is 0 Å². The van der Waals surface area contributed by atoms with Gasteiger partial charge in [-0.25, -0.2) is 0 Å². The number of nitrogens with one attached hydrogen (secondary N) is 2. The molecule has 0 spiro atoms. The molecular formula is C26H27N3O2. The number of rotatable bonds is 6. The van der Waals surface area contributed by atoms with E-state index in [-0.39, 0.29) is 18.4 Å². The summed E-state index contributed by atoms with van der Waals surface area (Å²) in [6.45, 7) is 2.03. The first-order valence-electron chi connectivity index (χ1n) is 10.8. The van der Waals surface area contributed by atoms with Crippen molar-refractivity contribution in [3.63, 3.8) is 0 Å². The van der Waals surface area contributed by atoms with Crippen LogP contribution >= 0.6 is 0 Å². The maximum atomic E-state index is 12.4. The molecule has 1 fully saturated rings. The Morgan fingerprint density at radius 1 is 0.774 bits per heavy atom. The molecule has 3 aromatic carbocycles. The summed E-state index contributed by atoms with van der Waals surface area (Å²) in [6, 6.07) is 25.3. The van der Waals surface area contributed by atoms with Crippen LogP contribution in [0.3, 0.4) is 0 Å². The number of nitrogens with zero attached hydrogens (tertiary/aromatic N) is 1. The van der Waals surface area contributed by atoms with Crippen molar-refractivity contribution in [2.24, 2.45) is 0 Å². The molecule has 0 saturated carbocycles. The van der Waals surface area contributed by atoms with Crippen LogP contribution in [-0.4, -0.2) is 31.4 Å². The molecule has 3 aromatic rings. The van der Waals surface area contributed by atoms with Gasteiger partial charge in [0.05, 0.1) is 6.54 Å². The maximum absolute atomic E-state index is 12.4. The number of carbonyl (C=O) groups is 2. The summed E-state index contributed by atoms with van der Waals surface area (Å²) in [5, 5.41) is 5.57. The minimum atomic E-state index is -0.267. The van der Waals surface area contributed by atoms with Gasteiger partial charge >= 0.3 is 0 Å². The Bertz CT molecular complexity index is 1030. The lowest BCUT2D eigenvalue weighted by Crippen LogP contribution is -2.33. The van der Waals surface area contributed by atoms with Gasteiger partial charge in [-0.2, -0.15) is 0 Å². The van der Waals surface area contributed by atoms with Crippen molar-refractivity contribution in [3.05, 3.63) is 84.4 Å². The predicted molar refractivity (Wildman–Crippen MR) is 125 cm³/mol. The first kappa shape index (κ1) is 20.7. The Labute approximate surface area is 183 Å². The molecule has 1 aliphatic heterocycles. The first-order valence-corrected chi connectivity index (χ1v) is 10.8. The fraction of sp³-hybridized carbons (Fsp3) is 0.231. The minimum absolute atomic E-state index is 0.0762. The molecule has 1 aliphatic rings. The number of piperidine rings is 1. The summed E-state index contributed by atoms with van der Waals surface area (Å²) in [7, 11) is 0. The summed E-state index contributed by atoms with van der Waals surface area (Å²) < 4.78 is 0. The van der Waals surface area contributed by atoms with E-state index in [1.165, 1.54) is 19.3 Å². The molecule has 0 bridgehead atoms. The highest BCUT2D eigenvalue weighted by Crippen LogP contribution is 2.23. The molecule has 2 amide bonds. The van der Waals surface area contributed by atoms with Crippen LogP contribution in [0.5, 0.6) is 0 Å². The highest BCUT2D eigenvalue weighted by Gasteiger charge is 2.12. The van der Waals surface area contributed by atoms with E-state index in [0.717, 1.165) is 35.6 Å². The van der Waals surface area contributed by atoms with Gasteiger partial charge < -0.3 is 15.5 Å². The lowest BCUT2D eigenvalue weighted by Gasteiger charge is -2.29. The molecular weight excluding hydrogens is 386 g/mol. The van der Waals surface area contributed by atoms with Gasteiger partial charge in [-0.15, -0.1) is 0 Å². The summed E-state index contributed by atoms with van der Waals surface area (Å²) in [5.41, 5.74) is 4.54. The fourth-order valence-corrected chi connectivity index (χ4v) is 3.84. The molecule has 158 valence electrons. The molecule has 2 N–H and O–H groups in total. The van der Waals surface area contributed by atoms with E-state index in [2.05, 4.69) is 21.6 Å². The van der Waals surface area contributed by atoms with Crippen molar-refractivity contribution < 1.29 is 9.59 Å². The van der Waals surface area contributed by atoms with E-state index in [0.29, 0.717) is 5.56 Å². The number of amides is 2. The van der Waals surface area contributed by atoms with E-state index in [1.807, 2.05) is 60.7 Å². The van der Waals surface area contributed by atoms with Crippen LogP contribution in [0.4, 0.5) is 11.4 Å². The van der Waals surface area contributed by atoms with Crippen molar-refractivity contribution in [3.8, 4) is 11.1 Å². The lowest BCUT2D eigenvalue weighted by atomic mass is 10.0. The van der Waals surface area contributed by atoms with E-state index < -0.39 is 0 Å². The zero-order chi connectivity index (χ0) is 21.5. The van der Waals surface area contributed by atoms with Crippen LogP contribution < -0.4 is 15.5 Å². The van der Waals surface area contributed by atoms with Crippen molar-refractivity contribution in [1.82, 2.24) is 5.32 Å². The molecule has 0 aliphatic carbocycles. The van der Waals surface area contributed by atoms with Crippen molar-refractivity contribution >= 4 is 23.2 Å². The van der Waals surface area contributed by atoms with Gasteiger partial charge in [0.2, 0.25) is 5.91 Å². The number of anilines is 2. The summed E-state index contributed by atoms with van der Waals surface area (Å²) >= 11 is 0. The van der Waals surface area contributed by atoms with Gasteiger partial charge in [-0.3, -0.25) is 9.59 Å². The molecule has 0 atom stereocenters. The average Bonchev–Trinajstić information content (AvgIpc) is 2.84. The first-order chi connectivity index (χ1) is 15.2. The Kier molecular flexibility index (Phi) is 6.62. The van der Waals surface area contributed by atoms with E-state index in [4.69, 9.17) is 0 Å². The highest BCUT2D eigenvalue weighted by atomic mass is 16.2. The second-order valence-electron chi connectivity index (χ2n) is 7.77. The fourth-order valence-electron chi connectivity index (χ4n) is 3.84. The summed E-state index contributed by atoms with van der Waals surface area (Å²) in [5.74, 6) is -0.512. The topological polar surface area (TPSA) is 61.4 Å². The molecule has 0 aromatic heterocycles. The Hall–Kier alpha value is -3.60. The van der Waals surface area contributed by atoms with Crippen molar-refractivity contribution in [1.29, 1.82) is 0 Å². The number of hydrogen-bond acceptors (Lipinski definition) is 3. The highest BCUT2D eigenvalue weighted by molar-refractivity contribution is 5.99. The van der Waals surface area contributed by atoms with Crippen LogP contribution in [0.15, 0.2) is 78.9 Å². The van der Waals surface area contributed by atoms with Gasteiger partial charge in [0, 0.05) is 30.0 Å². The van der Waals surface area contributed by atoms with Crippen LogP contribution in [0.2, 0.25) is 0 Å². The zero-order valence-corrected chi connectivity index (χ0v) is 17.5. The van der Waals surface area contributed by atoms with E-state index in [1.54, 1.807) is 12.1 Å². The molecule has 0 radical (unpaired) electrons. The molecule has 4 rings (SSSR count). The Balaban J connectivity index is 1.30. The molecule has 31 heavy (non-hydrogen) atoms. The minimum Gasteiger partial charge on any atom is -0.371 e. The second-order valence-corrected chi connectivity index (χ2v) is 7.77. The molecule has 1 saturated heterocycles. The monoisotopic (exact) mass is 413 g/mol. The third-order valence-electron chi connectivity index (χ3n) is 5.51. The molecule has 0 unspecified atom stereocenters. The van der Waals surface area contributed by atoms with Gasteiger partial charge in [0.15, 0.2) is 0 Å². The number of benzene rings is 3. The van der Waals surface area contributed by atoms with E-state index >= 15 is 0 Å². The van der Waals surface area contributed by atoms with Crippen molar-refractivity contribution in [2.45, 2.75) is 19.3 Å². The number of hydrogen-bond donors (Lipinski definition) is 2.